The van der Waals surface area contributed by atoms with Gasteiger partial charge < -0.3 is 4.90 Å². The third kappa shape index (κ3) is 4.58. The van der Waals surface area contributed by atoms with Gasteiger partial charge in [-0.1, -0.05) is 19.3 Å². The van der Waals surface area contributed by atoms with E-state index in [-0.39, 0.29) is 0 Å². The van der Waals surface area contributed by atoms with Crippen LogP contribution in [0.5, 0.6) is 0 Å². The van der Waals surface area contributed by atoms with E-state index in [1.165, 1.54) is 50.9 Å². The van der Waals surface area contributed by atoms with E-state index in [9.17, 15) is 0 Å². The summed E-state index contributed by atoms with van der Waals surface area (Å²) in [6, 6.07) is 0. The minimum Gasteiger partial charge on any atom is -0.305 e. The predicted molar refractivity (Wildman–Crippen MR) is 75.3 cm³/mol. The summed E-state index contributed by atoms with van der Waals surface area (Å²) in [5.41, 5.74) is 0.522. The Morgan fingerprint density at radius 2 is 1.93 bits per heavy atom. The van der Waals surface area contributed by atoms with Crippen molar-refractivity contribution in [1.82, 2.24) is 4.90 Å². The zero-order valence-electron chi connectivity index (χ0n) is 10.2. The molecule has 0 unspecified atom stereocenters. The van der Waals surface area contributed by atoms with Crippen molar-refractivity contribution >= 4 is 24.4 Å². The summed E-state index contributed by atoms with van der Waals surface area (Å²) in [7, 11) is 2.26. The SMILES string of the molecule is CSCCN(C)CC1(CS)CCCCC1. The quantitative estimate of drug-likeness (QED) is 0.718. The van der Waals surface area contributed by atoms with Crippen molar-refractivity contribution in [2.24, 2.45) is 5.41 Å². The van der Waals surface area contributed by atoms with E-state index in [0.29, 0.717) is 5.41 Å². The minimum absolute atomic E-state index is 0.522. The molecule has 0 N–H and O–H groups in total. The van der Waals surface area contributed by atoms with E-state index in [0.717, 1.165) is 5.75 Å². The van der Waals surface area contributed by atoms with Crippen molar-refractivity contribution in [3.05, 3.63) is 0 Å². The average molecular weight is 247 g/mol. The Balaban J connectivity index is 2.37. The molecule has 1 fully saturated rings. The van der Waals surface area contributed by atoms with Gasteiger partial charge in [-0.05, 0) is 37.3 Å². The van der Waals surface area contributed by atoms with Crippen molar-refractivity contribution < 1.29 is 0 Å². The minimum atomic E-state index is 0.522. The average Bonchev–Trinajstić information content (AvgIpc) is 2.27. The second kappa shape index (κ2) is 7.08. The summed E-state index contributed by atoms with van der Waals surface area (Å²) in [6.07, 6.45) is 9.22. The summed E-state index contributed by atoms with van der Waals surface area (Å²) >= 11 is 6.52. The normalized spacial score (nSPS) is 20.8. The maximum Gasteiger partial charge on any atom is 0.00694 e. The molecule has 1 rings (SSSR count). The first-order chi connectivity index (χ1) is 7.22. The van der Waals surface area contributed by atoms with E-state index >= 15 is 0 Å². The molecule has 0 spiro atoms. The highest BCUT2D eigenvalue weighted by Crippen LogP contribution is 2.37. The number of thioether (sulfide) groups is 1. The molecule has 0 aromatic heterocycles. The summed E-state index contributed by atoms with van der Waals surface area (Å²) in [5.74, 6) is 2.32. The largest absolute Gasteiger partial charge is 0.305 e. The van der Waals surface area contributed by atoms with Gasteiger partial charge in [0, 0.05) is 18.8 Å². The maximum atomic E-state index is 4.58. The van der Waals surface area contributed by atoms with Crippen LogP contribution in [0.25, 0.3) is 0 Å². The third-order valence-corrected chi connectivity index (χ3v) is 4.79. The van der Waals surface area contributed by atoms with Crippen LogP contribution in [0.2, 0.25) is 0 Å². The fourth-order valence-electron chi connectivity index (χ4n) is 2.57. The van der Waals surface area contributed by atoms with Crippen molar-refractivity contribution in [2.45, 2.75) is 32.1 Å². The smallest absolute Gasteiger partial charge is 0.00694 e. The van der Waals surface area contributed by atoms with E-state index in [2.05, 4.69) is 30.8 Å². The zero-order valence-corrected chi connectivity index (χ0v) is 11.9. The predicted octanol–water partition coefficient (Wildman–Crippen LogP) is 3.16. The molecule has 0 saturated heterocycles. The van der Waals surface area contributed by atoms with Crippen LogP contribution < -0.4 is 0 Å². The molecule has 0 bridgehead atoms. The highest BCUT2D eigenvalue weighted by Gasteiger charge is 2.31. The van der Waals surface area contributed by atoms with E-state index in [4.69, 9.17) is 0 Å². The van der Waals surface area contributed by atoms with Gasteiger partial charge in [-0.2, -0.15) is 24.4 Å². The molecule has 0 atom stereocenters. The van der Waals surface area contributed by atoms with Crippen molar-refractivity contribution in [3.8, 4) is 0 Å². The Bertz CT molecular complexity index is 167. The van der Waals surface area contributed by atoms with Gasteiger partial charge in [-0.25, -0.2) is 0 Å². The molecule has 0 radical (unpaired) electrons. The molecular weight excluding hydrogens is 222 g/mol. The number of nitrogens with zero attached hydrogens (tertiary/aromatic N) is 1. The second-order valence-electron chi connectivity index (χ2n) is 4.95. The van der Waals surface area contributed by atoms with Gasteiger partial charge in [0.05, 0.1) is 0 Å². The topological polar surface area (TPSA) is 3.24 Å². The van der Waals surface area contributed by atoms with Crippen molar-refractivity contribution in [1.29, 1.82) is 0 Å². The first-order valence-electron chi connectivity index (χ1n) is 6.01. The highest BCUT2D eigenvalue weighted by atomic mass is 32.2. The summed E-state index contributed by atoms with van der Waals surface area (Å²) in [6.45, 7) is 2.47. The van der Waals surface area contributed by atoms with Crippen LogP contribution in [0.15, 0.2) is 0 Å². The van der Waals surface area contributed by atoms with Crippen molar-refractivity contribution in [2.75, 3.05) is 37.9 Å². The summed E-state index contributed by atoms with van der Waals surface area (Å²) in [5, 5.41) is 0. The lowest BCUT2D eigenvalue weighted by atomic mass is 9.75. The molecule has 15 heavy (non-hydrogen) atoms. The summed E-state index contributed by atoms with van der Waals surface area (Å²) < 4.78 is 0. The molecule has 1 aliphatic rings. The number of hydrogen-bond donors (Lipinski definition) is 1. The first kappa shape index (κ1) is 13.7. The Hall–Kier alpha value is 0.660. The molecule has 1 nitrogen and oxygen atoms in total. The molecule has 0 heterocycles. The van der Waals surface area contributed by atoms with Gasteiger partial charge >= 0.3 is 0 Å². The molecular formula is C12H25NS2. The Labute approximate surface area is 105 Å². The van der Waals surface area contributed by atoms with Gasteiger partial charge in [0.1, 0.15) is 0 Å². The molecule has 90 valence electrons. The van der Waals surface area contributed by atoms with Crippen LogP contribution in [0.1, 0.15) is 32.1 Å². The van der Waals surface area contributed by atoms with Crippen LogP contribution in [-0.2, 0) is 0 Å². The van der Waals surface area contributed by atoms with Gasteiger partial charge in [-0.15, -0.1) is 0 Å². The number of hydrogen-bond acceptors (Lipinski definition) is 3. The standard InChI is InChI=1S/C12H25NS2/c1-13(8-9-15-2)10-12(11-14)6-4-3-5-7-12/h14H,3-11H2,1-2H3. The van der Waals surface area contributed by atoms with E-state index < -0.39 is 0 Å². The van der Waals surface area contributed by atoms with Crippen molar-refractivity contribution in [3.63, 3.8) is 0 Å². The monoisotopic (exact) mass is 247 g/mol. The lowest BCUT2D eigenvalue weighted by molar-refractivity contribution is 0.149. The lowest BCUT2D eigenvalue weighted by Gasteiger charge is -2.39. The number of rotatable bonds is 6. The van der Waals surface area contributed by atoms with Crippen LogP contribution in [-0.4, -0.2) is 42.8 Å². The van der Waals surface area contributed by atoms with E-state index in [1.54, 1.807) is 0 Å². The second-order valence-corrected chi connectivity index (χ2v) is 6.25. The molecule has 0 amide bonds. The molecule has 3 heteroatoms. The maximum absolute atomic E-state index is 4.58. The third-order valence-electron chi connectivity index (χ3n) is 3.53. The molecule has 0 aromatic rings. The van der Waals surface area contributed by atoms with Gasteiger partial charge in [0.15, 0.2) is 0 Å². The molecule has 0 aromatic carbocycles. The lowest BCUT2D eigenvalue weighted by Crippen LogP contribution is -2.39. The fraction of sp³-hybridized carbons (Fsp3) is 1.00. The molecule has 1 aliphatic carbocycles. The molecule has 0 aliphatic heterocycles. The first-order valence-corrected chi connectivity index (χ1v) is 8.03. The number of thiol groups is 1. The summed E-state index contributed by atoms with van der Waals surface area (Å²) in [4.78, 5) is 2.50. The zero-order chi connectivity index (χ0) is 11.1. The van der Waals surface area contributed by atoms with Gasteiger partial charge in [-0.3, -0.25) is 0 Å². The van der Waals surface area contributed by atoms with E-state index in [1.807, 2.05) is 11.8 Å². The Morgan fingerprint density at radius 3 is 2.47 bits per heavy atom. The van der Waals surface area contributed by atoms with Crippen LogP contribution in [0.4, 0.5) is 0 Å². The Morgan fingerprint density at radius 1 is 1.27 bits per heavy atom. The van der Waals surface area contributed by atoms with Crippen LogP contribution >= 0.6 is 24.4 Å². The van der Waals surface area contributed by atoms with Gasteiger partial charge in [0.25, 0.3) is 0 Å². The van der Waals surface area contributed by atoms with Crippen LogP contribution in [0.3, 0.4) is 0 Å². The molecule has 1 saturated carbocycles. The fourth-order valence-corrected chi connectivity index (χ4v) is 3.48. The van der Waals surface area contributed by atoms with Gasteiger partial charge in [0.2, 0.25) is 0 Å². The highest BCUT2D eigenvalue weighted by molar-refractivity contribution is 7.98. The van der Waals surface area contributed by atoms with Crippen LogP contribution in [0, 0.1) is 5.41 Å². The Kier molecular flexibility index (Phi) is 6.48.